The second-order valence-corrected chi connectivity index (χ2v) is 5.79. The number of carbonyl (C=O) groups is 1. The van der Waals surface area contributed by atoms with Crippen LogP contribution in [0.2, 0.25) is 0 Å². The minimum absolute atomic E-state index is 0.0434. The lowest BCUT2D eigenvalue weighted by Gasteiger charge is -2.34. The summed E-state index contributed by atoms with van der Waals surface area (Å²) < 4.78 is 15.9. The van der Waals surface area contributed by atoms with Gasteiger partial charge >= 0.3 is 0 Å². The molecule has 0 atom stereocenters. The third-order valence-electron chi connectivity index (χ3n) is 4.33. The maximum atomic E-state index is 14.2. The summed E-state index contributed by atoms with van der Waals surface area (Å²) in [6.07, 6.45) is 4.47. The van der Waals surface area contributed by atoms with Crippen LogP contribution in [0.5, 0.6) is 0 Å². The summed E-state index contributed by atoms with van der Waals surface area (Å²) in [4.78, 5) is 13.3. The Morgan fingerprint density at radius 3 is 2.82 bits per heavy atom. The van der Waals surface area contributed by atoms with E-state index < -0.39 is 5.82 Å². The average Bonchev–Trinajstić information content (AvgIpc) is 2.89. The third-order valence-corrected chi connectivity index (χ3v) is 4.33. The monoisotopic (exact) mass is 304 g/mol. The lowest BCUT2D eigenvalue weighted by molar-refractivity contribution is 0.112. The normalized spacial score (nSPS) is 16.4. The van der Waals surface area contributed by atoms with Crippen molar-refractivity contribution in [3.05, 3.63) is 23.6 Å². The Hall–Kier alpha value is -1.95. The number of carbonyl (C=O) groups excluding carboxylic acids is 1. The highest BCUT2D eigenvalue weighted by molar-refractivity contribution is 6.02. The molecule has 1 aromatic heterocycles. The number of nitrogens with zero attached hydrogens (tertiary/aromatic N) is 3. The fraction of sp³-hybridized carbons (Fsp3) is 0.500. The summed E-state index contributed by atoms with van der Waals surface area (Å²) in [6, 6.07) is 2.01. The van der Waals surface area contributed by atoms with Crippen LogP contribution in [0, 0.1) is 5.82 Å². The highest BCUT2D eigenvalue weighted by atomic mass is 19.1. The number of aromatic nitrogens is 2. The third kappa shape index (κ3) is 2.59. The first kappa shape index (κ1) is 15.0. The van der Waals surface area contributed by atoms with E-state index in [0.717, 1.165) is 43.5 Å². The summed E-state index contributed by atoms with van der Waals surface area (Å²) in [5, 5.41) is 8.56. The number of halogens is 1. The van der Waals surface area contributed by atoms with Crippen molar-refractivity contribution < 1.29 is 9.18 Å². The first-order valence-electron chi connectivity index (χ1n) is 7.73. The molecule has 0 bridgehead atoms. The van der Waals surface area contributed by atoms with Gasteiger partial charge in [-0.1, -0.05) is 6.92 Å². The van der Waals surface area contributed by atoms with Crippen molar-refractivity contribution in [1.29, 1.82) is 0 Å². The summed E-state index contributed by atoms with van der Waals surface area (Å²) in [5.74, 6) is -0.495. The van der Waals surface area contributed by atoms with Gasteiger partial charge in [0, 0.05) is 37.8 Å². The lowest BCUT2D eigenvalue weighted by atomic mass is 10.0. The number of benzene rings is 1. The number of hydrogen-bond donors (Lipinski definition) is 1. The Morgan fingerprint density at radius 2 is 2.18 bits per heavy atom. The van der Waals surface area contributed by atoms with E-state index in [4.69, 9.17) is 0 Å². The number of fused-ring (bicyclic) bond motifs is 1. The number of anilines is 1. The van der Waals surface area contributed by atoms with E-state index >= 15 is 0 Å². The van der Waals surface area contributed by atoms with E-state index in [-0.39, 0.29) is 5.56 Å². The zero-order chi connectivity index (χ0) is 15.7. The molecule has 1 aromatic carbocycles. The van der Waals surface area contributed by atoms with Crippen LogP contribution in [0.25, 0.3) is 10.9 Å². The van der Waals surface area contributed by atoms with Crippen LogP contribution < -0.4 is 10.2 Å². The lowest BCUT2D eigenvalue weighted by Crippen LogP contribution is -2.42. The topological polar surface area (TPSA) is 50.2 Å². The standard InChI is InChI=1S/C16H21FN4O/c1-3-18-11-4-6-21(7-5-11)15-8-14(17)13(10-22)16-12(15)9-20(2)19-16/h8-11,18H,3-7H2,1-2H3. The van der Waals surface area contributed by atoms with E-state index in [1.54, 1.807) is 11.7 Å². The predicted octanol–water partition coefficient (Wildman–Crippen LogP) is 2.10. The van der Waals surface area contributed by atoms with E-state index in [1.165, 1.54) is 6.07 Å². The van der Waals surface area contributed by atoms with Crippen LogP contribution in [-0.2, 0) is 7.05 Å². The molecule has 3 rings (SSSR count). The van der Waals surface area contributed by atoms with E-state index in [2.05, 4.69) is 22.2 Å². The van der Waals surface area contributed by atoms with Gasteiger partial charge in [0.2, 0.25) is 0 Å². The molecule has 5 nitrogen and oxygen atoms in total. The van der Waals surface area contributed by atoms with Gasteiger partial charge in [0.25, 0.3) is 0 Å². The molecule has 1 N–H and O–H groups in total. The number of rotatable bonds is 4. The first-order valence-corrected chi connectivity index (χ1v) is 7.73. The zero-order valence-electron chi connectivity index (χ0n) is 13.0. The summed E-state index contributed by atoms with van der Waals surface area (Å²) in [5.41, 5.74) is 1.32. The van der Waals surface area contributed by atoms with Gasteiger partial charge in [0.1, 0.15) is 11.3 Å². The Kier molecular flexibility index (Phi) is 4.11. The Morgan fingerprint density at radius 1 is 1.45 bits per heavy atom. The molecule has 6 heteroatoms. The molecule has 1 saturated heterocycles. The van der Waals surface area contributed by atoms with E-state index in [1.807, 2.05) is 6.20 Å². The molecule has 2 aromatic rings. The van der Waals surface area contributed by atoms with E-state index in [9.17, 15) is 9.18 Å². The molecular weight excluding hydrogens is 283 g/mol. The number of piperidine rings is 1. The molecule has 1 aliphatic heterocycles. The maximum absolute atomic E-state index is 14.2. The van der Waals surface area contributed by atoms with Gasteiger partial charge in [-0.2, -0.15) is 5.10 Å². The van der Waals surface area contributed by atoms with Crippen molar-refractivity contribution in [3.63, 3.8) is 0 Å². The molecule has 1 aliphatic rings. The van der Waals surface area contributed by atoms with E-state index in [0.29, 0.717) is 17.8 Å². The number of aldehydes is 1. The molecule has 0 unspecified atom stereocenters. The van der Waals surface area contributed by atoms with Crippen molar-refractivity contribution in [1.82, 2.24) is 15.1 Å². The van der Waals surface area contributed by atoms with Crippen LogP contribution in [-0.4, -0.2) is 41.7 Å². The van der Waals surface area contributed by atoms with Crippen molar-refractivity contribution in [2.24, 2.45) is 7.05 Å². The fourth-order valence-corrected chi connectivity index (χ4v) is 3.25. The molecule has 0 saturated carbocycles. The second-order valence-electron chi connectivity index (χ2n) is 5.79. The molecule has 0 spiro atoms. The minimum Gasteiger partial charge on any atom is -0.371 e. The van der Waals surface area contributed by atoms with Crippen LogP contribution in [0.4, 0.5) is 10.1 Å². The number of nitrogens with one attached hydrogen (secondary N) is 1. The highest BCUT2D eigenvalue weighted by Crippen LogP contribution is 2.32. The molecule has 2 heterocycles. The maximum Gasteiger partial charge on any atom is 0.155 e. The molecule has 0 aliphatic carbocycles. The van der Waals surface area contributed by atoms with Crippen LogP contribution in [0.3, 0.4) is 0 Å². The minimum atomic E-state index is -0.495. The second kappa shape index (κ2) is 6.04. The molecule has 118 valence electrons. The summed E-state index contributed by atoms with van der Waals surface area (Å²) >= 11 is 0. The molecule has 0 radical (unpaired) electrons. The summed E-state index contributed by atoms with van der Waals surface area (Å²) in [6.45, 7) is 4.84. The first-order chi connectivity index (χ1) is 10.6. The zero-order valence-corrected chi connectivity index (χ0v) is 13.0. The summed E-state index contributed by atoms with van der Waals surface area (Å²) in [7, 11) is 1.79. The SMILES string of the molecule is CCNC1CCN(c2cc(F)c(C=O)c3nn(C)cc23)CC1. The van der Waals surface area contributed by atoms with Gasteiger partial charge in [0.05, 0.1) is 11.3 Å². The highest BCUT2D eigenvalue weighted by Gasteiger charge is 2.23. The van der Waals surface area contributed by atoms with Gasteiger partial charge in [-0.3, -0.25) is 9.48 Å². The number of hydrogen-bond acceptors (Lipinski definition) is 4. The largest absolute Gasteiger partial charge is 0.371 e. The molecule has 0 amide bonds. The molecular formula is C16H21FN4O. The molecule has 22 heavy (non-hydrogen) atoms. The van der Waals surface area contributed by atoms with Gasteiger partial charge in [-0.25, -0.2) is 4.39 Å². The van der Waals surface area contributed by atoms with Gasteiger partial charge < -0.3 is 10.2 Å². The van der Waals surface area contributed by atoms with Crippen LogP contribution in [0.15, 0.2) is 12.3 Å². The smallest absolute Gasteiger partial charge is 0.155 e. The Labute approximate surface area is 129 Å². The van der Waals surface area contributed by atoms with Crippen molar-refractivity contribution >= 4 is 22.9 Å². The quantitative estimate of drug-likeness (QED) is 0.879. The number of aryl methyl sites for hydroxylation is 1. The Bertz CT molecular complexity index is 689. The molecule has 1 fully saturated rings. The van der Waals surface area contributed by atoms with Crippen LogP contribution >= 0.6 is 0 Å². The van der Waals surface area contributed by atoms with Crippen molar-refractivity contribution in [2.45, 2.75) is 25.8 Å². The van der Waals surface area contributed by atoms with Crippen LogP contribution in [0.1, 0.15) is 30.1 Å². The van der Waals surface area contributed by atoms with Gasteiger partial charge in [-0.15, -0.1) is 0 Å². The van der Waals surface area contributed by atoms with Gasteiger partial charge in [-0.05, 0) is 25.5 Å². The van der Waals surface area contributed by atoms with Gasteiger partial charge in [0.15, 0.2) is 6.29 Å². The van der Waals surface area contributed by atoms with Crippen molar-refractivity contribution in [3.8, 4) is 0 Å². The fourth-order valence-electron chi connectivity index (χ4n) is 3.25. The predicted molar refractivity (Wildman–Crippen MR) is 85.0 cm³/mol. The van der Waals surface area contributed by atoms with Crippen molar-refractivity contribution in [2.75, 3.05) is 24.5 Å². The Balaban J connectivity index is 1.96. The average molecular weight is 304 g/mol.